The number of likely N-dealkylation sites (N-methyl/N-ethyl adjacent to an activating group) is 1. The van der Waals surface area contributed by atoms with E-state index in [0.717, 1.165) is 29.9 Å². The third kappa shape index (κ3) is 5.20. The predicted molar refractivity (Wildman–Crippen MR) is 134 cm³/mol. The molecule has 1 aliphatic heterocycles. The Morgan fingerprint density at radius 3 is 2.83 bits per heavy atom. The van der Waals surface area contributed by atoms with E-state index in [1.807, 2.05) is 16.8 Å². The van der Waals surface area contributed by atoms with Crippen molar-refractivity contribution in [2.45, 2.75) is 33.0 Å². The maximum absolute atomic E-state index is 13.0. The highest BCUT2D eigenvalue weighted by molar-refractivity contribution is 5.75. The van der Waals surface area contributed by atoms with Gasteiger partial charge in [-0.1, -0.05) is 0 Å². The van der Waals surface area contributed by atoms with Crippen LogP contribution < -0.4 is 21.9 Å². The number of hydrogen-bond acceptors (Lipinski definition) is 9. The minimum Gasteiger partial charge on any atom is -0.461 e. The van der Waals surface area contributed by atoms with Gasteiger partial charge < -0.3 is 25.7 Å². The van der Waals surface area contributed by atoms with Crippen molar-refractivity contribution in [2.24, 2.45) is 12.8 Å². The zero-order chi connectivity index (χ0) is 25.1. The zero-order valence-corrected chi connectivity index (χ0v) is 20.5. The van der Waals surface area contributed by atoms with Gasteiger partial charge in [-0.15, -0.1) is 0 Å². The standard InChI is InChI=1S/C24H32N8O3/c1-15-21-12-22(29-32(21)10-9-30(15)3)28-20-11-17(13-31(4)24(20)34)18-5-7-26-23(27-8-6-25)19(18)14-35-16(2)33/h5,7,11-13,15H,6,8-10,14,25H2,1-4H3,(H,26,27)(H,28,29). The summed E-state index contributed by atoms with van der Waals surface area (Å²) >= 11 is 0. The van der Waals surface area contributed by atoms with E-state index < -0.39 is 5.97 Å². The second kappa shape index (κ2) is 10.3. The van der Waals surface area contributed by atoms with Gasteiger partial charge in [-0.05, 0) is 31.7 Å². The van der Waals surface area contributed by atoms with E-state index in [-0.39, 0.29) is 18.2 Å². The molecule has 0 amide bonds. The molecule has 3 aromatic rings. The highest BCUT2D eigenvalue weighted by atomic mass is 16.5. The number of fused-ring (bicyclic) bond motifs is 1. The van der Waals surface area contributed by atoms with Crippen molar-refractivity contribution in [3.8, 4) is 11.1 Å². The Labute approximate surface area is 203 Å². The van der Waals surface area contributed by atoms with Crippen LogP contribution in [-0.4, -0.2) is 56.9 Å². The van der Waals surface area contributed by atoms with Gasteiger partial charge in [0.1, 0.15) is 18.1 Å². The first-order chi connectivity index (χ1) is 16.8. The predicted octanol–water partition coefficient (Wildman–Crippen LogP) is 1.83. The lowest BCUT2D eigenvalue weighted by Crippen LogP contribution is -2.33. The number of nitrogens with zero attached hydrogens (tertiary/aromatic N) is 5. The van der Waals surface area contributed by atoms with Gasteiger partial charge in [0.15, 0.2) is 5.82 Å². The van der Waals surface area contributed by atoms with E-state index in [1.165, 1.54) is 11.5 Å². The van der Waals surface area contributed by atoms with Crippen LogP contribution in [0.15, 0.2) is 35.4 Å². The molecule has 0 aliphatic carbocycles. The van der Waals surface area contributed by atoms with Gasteiger partial charge in [0.2, 0.25) is 0 Å². The largest absolute Gasteiger partial charge is 0.461 e. The molecule has 0 spiro atoms. The first-order valence-electron chi connectivity index (χ1n) is 11.6. The summed E-state index contributed by atoms with van der Waals surface area (Å²) in [6.45, 7) is 6.19. The average Bonchev–Trinajstić information content (AvgIpc) is 3.25. The minimum atomic E-state index is -0.393. The molecule has 3 aromatic heterocycles. The summed E-state index contributed by atoms with van der Waals surface area (Å²) in [6, 6.07) is 5.85. The number of carbonyl (C=O) groups is 1. The highest BCUT2D eigenvalue weighted by Crippen LogP contribution is 2.31. The number of rotatable bonds is 8. The van der Waals surface area contributed by atoms with Crippen molar-refractivity contribution < 1.29 is 9.53 Å². The number of nitrogens with two attached hydrogens (primary N) is 1. The molecule has 0 aromatic carbocycles. The Balaban J connectivity index is 1.72. The summed E-state index contributed by atoms with van der Waals surface area (Å²) in [6.07, 6.45) is 3.42. The fourth-order valence-corrected chi connectivity index (χ4v) is 4.19. The summed E-state index contributed by atoms with van der Waals surface area (Å²) in [5.74, 6) is 0.810. The van der Waals surface area contributed by atoms with Crippen LogP contribution in [0, 0.1) is 0 Å². The number of hydrogen-bond donors (Lipinski definition) is 3. The molecule has 0 saturated heterocycles. The molecule has 35 heavy (non-hydrogen) atoms. The minimum absolute atomic E-state index is 0.0379. The molecular formula is C24H32N8O3. The SMILES string of the molecule is CC(=O)OCc1c(-c2cc(Nc3cc4n(n3)CCN(C)C4C)c(=O)n(C)c2)ccnc1NCCN. The number of esters is 1. The number of ether oxygens (including phenoxy) is 1. The second-order valence-corrected chi connectivity index (χ2v) is 8.70. The molecule has 0 fully saturated rings. The molecule has 1 atom stereocenters. The van der Waals surface area contributed by atoms with Crippen LogP contribution in [0.4, 0.5) is 17.3 Å². The molecule has 0 bridgehead atoms. The molecule has 186 valence electrons. The van der Waals surface area contributed by atoms with Gasteiger partial charge in [-0.3, -0.25) is 19.2 Å². The van der Waals surface area contributed by atoms with Crippen molar-refractivity contribution >= 4 is 23.3 Å². The third-order valence-corrected chi connectivity index (χ3v) is 6.23. The van der Waals surface area contributed by atoms with Gasteiger partial charge in [0.05, 0.1) is 12.2 Å². The molecule has 4 N–H and O–H groups in total. The van der Waals surface area contributed by atoms with Crippen molar-refractivity contribution in [1.82, 2.24) is 24.2 Å². The number of carbonyl (C=O) groups excluding carboxylic acids is 1. The number of pyridine rings is 2. The Kier molecular flexibility index (Phi) is 7.17. The fourth-order valence-electron chi connectivity index (χ4n) is 4.19. The van der Waals surface area contributed by atoms with Crippen molar-refractivity contribution in [3.05, 3.63) is 52.2 Å². The van der Waals surface area contributed by atoms with Gasteiger partial charge in [0, 0.05) is 69.2 Å². The molecule has 1 aliphatic rings. The maximum atomic E-state index is 13.0. The van der Waals surface area contributed by atoms with E-state index in [0.29, 0.717) is 36.0 Å². The Bertz CT molecular complexity index is 1280. The molecule has 11 nitrogen and oxygen atoms in total. The topological polar surface area (TPSA) is 132 Å². The van der Waals surface area contributed by atoms with Crippen molar-refractivity contribution in [1.29, 1.82) is 0 Å². The smallest absolute Gasteiger partial charge is 0.302 e. The van der Waals surface area contributed by atoms with Gasteiger partial charge in [-0.2, -0.15) is 5.10 Å². The quantitative estimate of drug-likeness (QED) is 0.413. The van der Waals surface area contributed by atoms with Crippen LogP contribution in [0.25, 0.3) is 11.1 Å². The zero-order valence-electron chi connectivity index (χ0n) is 20.5. The van der Waals surface area contributed by atoms with Crippen LogP contribution in [0.1, 0.15) is 31.1 Å². The van der Waals surface area contributed by atoms with E-state index in [9.17, 15) is 9.59 Å². The molecular weight excluding hydrogens is 448 g/mol. The van der Waals surface area contributed by atoms with Crippen LogP contribution in [0.2, 0.25) is 0 Å². The number of anilines is 3. The molecule has 0 radical (unpaired) electrons. The summed E-state index contributed by atoms with van der Waals surface area (Å²) in [5.41, 5.74) is 9.23. The Morgan fingerprint density at radius 2 is 2.09 bits per heavy atom. The van der Waals surface area contributed by atoms with Gasteiger partial charge >= 0.3 is 5.97 Å². The van der Waals surface area contributed by atoms with Gasteiger partial charge in [0.25, 0.3) is 5.56 Å². The fraction of sp³-hybridized carbons (Fsp3) is 0.417. The normalized spacial score (nSPS) is 15.5. The molecule has 0 saturated carbocycles. The van der Waals surface area contributed by atoms with E-state index in [2.05, 4.69) is 39.6 Å². The maximum Gasteiger partial charge on any atom is 0.302 e. The first kappa shape index (κ1) is 24.4. The van der Waals surface area contributed by atoms with Crippen LogP contribution in [0.3, 0.4) is 0 Å². The van der Waals surface area contributed by atoms with Crippen molar-refractivity contribution in [3.63, 3.8) is 0 Å². The molecule has 4 rings (SSSR count). The second-order valence-electron chi connectivity index (χ2n) is 8.70. The van der Waals surface area contributed by atoms with E-state index >= 15 is 0 Å². The summed E-state index contributed by atoms with van der Waals surface area (Å²) < 4.78 is 8.81. The third-order valence-electron chi connectivity index (χ3n) is 6.23. The van der Waals surface area contributed by atoms with E-state index in [1.54, 1.807) is 25.5 Å². The van der Waals surface area contributed by atoms with E-state index in [4.69, 9.17) is 10.5 Å². The Morgan fingerprint density at radius 1 is 1.29 bits per heavy atom. The van der Waals surface area contributed by atoms with Gasteiger partial charge in [-0.25, -0.2) is 4.98 Å². The summed E-state index contributed by atoms with van der Waals surface area (Å²) in [4.78, 5) is 31.2. The highest BCUT2D eigenvalue weighted by Gasteiger charge is 2.23. The number of aromatic nitrogens is 4. The van der Waals surface area contributed by atoms with Crippen molar-refractivity contribution in [2.75, 3.05) is 37.3 Å². The lowest BCUT2D eigenvalue weighted by atomic mass is 10.0. The summed E-state index contributed by atoms with van der Waals surface area (Å²) in [5, 5.41) is 11.1. The van der Waals surface area contributed by atoms with Crippen LogP contribution in [0.5, 0.6) is 0 Å². The molecule has 4 heterocycles. The average molecular weight is 481 g/mol. The number of nitrogens with one attached hydrogen (secondary N) is 2. The lowest BCUT2D eigenvalue weighted by molar-refractivity contribution is -0.142. The van der Waals surface area contributed by atoms with Crippen LogP contribution >= 0.6 is 0 Å². The summed E-state index contributed by atoms with van der Waals surface area (Å²) in [7, 11) is 3.79. The van der Waals surface area contributed by atoms with Crippen LogP contribution in [-0.2, 0) is 29.7 Å². The lowest BCUT2D eigenvalue weighted by Gasteiger charge is -2.30. The monoisotopic (exact) mass is 480 g/mol. The molecule has 1 unspecified atom stereocenters. The Hall–Kier alpha value is -3.70. The first-order valence-corrected chi connectivity index (χ1v) is 11.6. The number of aryl methyl sites for hydroxylation is 1. The molecule has 11 heteroatoms.